The van der Waals surface area contributed by atoms with Crippen LogP contribution in [0.2, 0.25) is 0 Å². The summed E-state index contributed by atoms with van der Waals surface area (Å²) in [4.78, 5) is 16.7. The third-order valence-electron chi connectivity index (χ3n) is 4.85. The average Bonchev–Trinajstić information content (AvgIpc) is 2.62. The monoisotopic (exact) mass is 314 g/mol. The van der Waals surface area contributed by atoms with Crippen molar-refractivity contribution in [2.75, 3.05) is 11.9 Å². The summed E-state index contributed by atoms with van der Waals surface area (Å²) in [6.45, 7) is 0.723. The molecule has 4 heteroatoms. The van der Waals surface area contributed by atoms with Crippen LogP contribution in [0.4, 0.5) is 5.82 Å². The smallest absolute Gasteiger partial charge is 0.229 e. The molecular weight excluding hydrogens is 288 g/mol. The van der Waals surface area contributed by atoms with Crippen molar-refractivity contribution in [3.05, 3.63) is 30.5 Å². The van der Waals surface area contributed by atoms with Crippen LogP contribution in [0.1, 0.15) is 51.4 Å². The Morgan fingerprint density at radius 2 is 2.09 bits per heavy atom. The van der Waals surface area contributed by atoms with Crippen LogP contribution in [0.25, 0.3) is 0 Å². The molecule has 2 aliphatic carbocycles. The molecule has 1 atom stereocenters. The zero-order valence-corrected chi connectivity index (χ0v) is 13.7. The van der Waals surface area contributed by atoms with E-state index in [4.69, 9.17) is 4.74 Å². The molecule has 1 fully saturated rings. The number of ether oxygens (including phenoxy) is 1. The number of carbonyl (C=O) groups excluding carboxylic acids is 1. The summed E-state index contributed by atoms with van der Waals surface area (Å²) in [5.41, 5.74) is 0. The van der Waals surface area contributed by atoms with Gasteiger partial charge in [0.15, 0.2) is 11.6 Å². The number of aromatic nitrogens is 1. The predicted octanol–water partition coefficient (Wildman–Crippen LogP) is 4.34. The third-order valence-corrected chi connectivity index (χ3v) is 4.85. The number of nitrogens with zero attached hydrogens (tertiary/aromatic N) is 1. The van der Waals surface area contributed by atoms with Crippen molar-refractivity contribution in [1.29, 1.82) is 0 Å². The Morgan fingerprint density at radius 1 is 1.22 bits per heavy atom. The molecule has 1 N–H and O–H groups in total. The van der Waals surface area contributed by atoms with Crippen molar-refractivity contribution in [2.24, 2.45) is 11.8 Å². The number of hydrogen-bond acceptors (Lipinski definition) is 3. The largest absolute Gasteiger partial charge is 0.489 e. The van der Waals surface area contributed by atoms with Crippen molar-refractivity contribution >= 4 is 11.7 Å². The maximum atomic E-state index is 12.4. The molecule has 1 unspecified atom stereocenters. The Hall–Kier alpha value is -1.84. The summed E-state index contributed by atoms with van der Waals surface area (Å²) in [6.07, 6.45) is 15.1. The van der Waals surface area contributed by atoms with Gasteiger partial charge in [-0.3, -0.25) is 4.79 Å². The molecule has 1 saturated carbocycles. The van der Waals surface area contributed by atoms with Gasteiger partial charge >= 0.3 is 0 Å². The number of anilines is 1. The maximum Gasteiger partial charge on any atom is 0.229 e. The second-order valence-electron chi connectivity index (χ2n) is 6.64. The van der Waals surface area contributed by atoms with Crippen molar-refractivity contribution in [3.8, 4) is 5.75 Å². The molecule has 0 spiro atoms. The highest BCUT2D eigenvalue weighted by Gasteiger charge is 2.21. The van der Waals surface area contributed by atoms with Gasteiger partial charge in [0.1, 0.15) is 0 Å². The molecule has 0 aliphatic heterocycles. The summed E-state index contributed by atoms with van der Waals surface area (Å²) in [7, 11) is 0. The molecule has 3 rings (SSSR count). The van der Waals surface area contributed by atoms with Gasteiger partial charge in [-0.05, 0) is 50.2 Å². The van der Waals surface area contributed by atoms with Gasteiger partial charge in [-0.15, -0.1) is 0 Å². The number of carbonyl (C=O) groups is 1. The maximum absolute atomic E-state index is 12.4. The molecule has 1 heterocycles. The van der Waals surface area contributed by atoms with Crippen molar-refractivity contribution in [2.45, 2.75) is 51.4 Å². The summed E-state index contributed by atoms with van der Waals surface area (Å²) in [5, 5.41) is 2.96. The normalized spacial score (nSPS) is 21.8. The highest BCUT2D eigenvalue weighted by molar-refractivity contribution is 5.93. The fraction of sp³-hybridized carbons (Fsp3) is 0.579. The van der Waals surface area contributed by atoms with Gasteiger partial charge in [0.05, 0.1) is 6.61 Å². The molecule has 124 valence electrons. The molecule has 1 aromatic rings. The molecule has 1 amide bonds. The molecule has 4 nitrogen and oxygen atoms in total. The summed E-state index contributed by atoms with van der Waals surface area (Å²) >= 11 is 0. The van der Waals surface area contributed by atoms with Crippen LogP contribution in [0.5, 0.6) is 5.75 Å². The lowest BCUT2D eigenvalue weighted by molar-refractivity contribution is -0.120. The SMILES string of the molecule is O=C(Nc1ncccc1OCC1CCCCC1)C1CC=CCC1. The quantitative estimate of drug-likeness (QED) is 0.823. The third kappa shape index (κ3) is 4.57. The lowest BCUT2D eigenvalue weighted by atomic mass is 9.90. The molecule has 0 saturated heterocycles. The van der Waals surface area contributed by atoms with Gasteiger partial charge in [0.2, 0.25) is 5.91 Å². The van der Waals surface area contributed by atoms with Gasteiger partial charge in [-0.25, -0.2) is 4.98 Å². The first-order chi connectivity index (χ1) is 11.3. The van der Waals surface area contributed by atoms with Crippen LogP contribution in [-0.4, -0.2) is 17.5 Å². The minimum absolute atomic E-state index is 0.0493. The number of pyridine rings is 1. The van der Waals surface area contributed by atoms with Gasteiger partial charge < -0.3 is 10.1 Å². The van der Waals surface area contributed by atoms with Gasteiger partial charge in [0, 0.05) is 12.1 Å². The highest BCUT2D eigenvalue weighted by Crippen LogP contribution is 2.28. The van der Waals surface area contributed by atoms with E-state index in [1.807, 2.05) is 12.1 Å². The lowest BCUT2D eigenvalue weighted by Gasteiger charge is -2.22. The average molecular weight is 314 g/mol. The minimum Gasteiger partial charge on any atom is -0.489 e. The van der Waals surface area contributed by atoms with E-state index < -0.39 is 0 Å². The van der Waals surface area contributed by atoms with Crippen molar-refractivity contribution in [3.63, 3.8) is 0 Å². The summed E-state index contributed by atoms with van der Waals surface area (Å²) in [5.74, 6) is 1.99. The van der Waals surface area contributed by atoms with Gasteiger partial charge in [-0.1, -0.05) is 31.4 Å². The fourth-order valence-electron chi connectivity index (χ4n) is 3.41. The number of nitrogens with one attached hydrogen (secondary N) is 1. The number of allylic oxidation sites excluding steroid dienone is 2. The Morgan fingerprint density at radius 3 is 2.87 bits per heavy atom. The first kappa shape index (κ1) is 16.0. The zero-order chi connectivity index (χ0) is 15.9. The molecule has 2 aliphatic rings. The Kier molecular flexibility index (Phi) is 5.67. The number of rotatable bonds is 5. The van der Waals surface area contributed by atoms with Crippen LogP contribution in [-0.2, 0) is 4.79 Å². The molecule has 0 aromatic carbocycles. The van der Waals surface area contributed by atoms with Crippen LogP contribution in [0.3, 0.4) is 0 Å². The molecule has 1 aromatic heterocycles. The van der Waals surface area contributed by atoms with Crippen molar-refractivity contribution < 1.29 is 9.53 Å². The van der Waals surface area contributed by atoms with Crippen molar-refractivity contribution in [1.82, 2.24) is 4.98 Å². The van der Waals surface area contributed by atoms with E-state index in [2.05, 4.69) is 22.5 Å². The van der Waals surface area contributed by atoms with E-state index in [1.165, 1.54) is 32.1 Å². The van der Waals surface area contributed by atoms with E-state index >= 15 is 0 Å². The standard InChI is InChI=1S/C19H26N2O2/c22-19(16-10-5-2-6-11-16)21-18-17(12-7-13-20-18)23-14-15-8-3-1-4-9-15/h2,5,7,12-13,15-16H,1,3-4,6,8-11,14H2,(H,20,21,22). The van der Waals surface area contributed by atoms with E-state index in [-0.39, 0.29) is 11.8 Å². The Labute approximate surface area is 138 Å². The molecule has 0 bridgehead atoms. The summed E-state index contributed by atoms with van der Waals surface area (Å²) < 4.78 is 5.97. The first-order valence-corrected chi connectivity index (χ1v) is 8.86. The second kappa shape index (κ2) is 8.14. The van der Waals surface area contributed by atoms with Crippen LogP contribution >= 0.6 is 0 Å². The predicted molar refractivity (Wildman–Crippen MR) is 91.4 cm³/mol. The summed E-state index contributed by atoms with van der Waals surface area (Å²) in [6, 6.07) is 3.75. The molecule has 0 radical (unpaired) electrons. The van der Waals surface area contributed by atoms with E-state index in [9.17, 15) is 4.79 Å². The number of hydrogen-bond donors (Lipinski definition) is 1. The topological polar surface area (TPSA) is 51.2 Å². The highest BCUT2D eigenvalue weighted by atomic mass is 16.5. The van der Waals surface area contributed by atoms with E-state index in [0.717, 1.165) is 25.9 Å². The number of amides is 1. The van der Waals surface area contributed by atoms with Crippen LogP contribution < -0.4 is 10.1 Å². The minimum atomic E-state index is 0.0493. The first-order valence-electron chi connectivity index (χ1n) is 8.86. The van der Waals surface area contributed by atoms with Gasteiger partial charge in [-0.2, -0.15) is 0 Å². The van der Waals surface area contributed by atoms with Crippen LogP contribution in [0, 0.1) is 11.8 Å². The Bertz CT molecular complexity index is 550. The van der Waals surface area contributed by atoms with Gasteiger partial charge in [0.25, 0.3) is 0 Å². The Balaban J connectivity index is 1.58. The molecular formula is C19H26N2O2. The lowest BCUT2D eigenvalue weighted by Crippen LogP contribution is -2.24. The van der Waals surface area contributed by atoms with E-state index in [1.54, 1.807) is 6.20 Å². The van der Waals surface area contributed by atoms with Crippen LogP contribution in [0.15, 0.2) is 30.5 Å². The second-order valence-corrected chi connectivity index (χ2v) is 6.64. The zero-order valence-electron chi connectivity index (χ0n) is 13.7. The van der Waals surface area contributed by atoms with E-state index in [0.29, 0.717) is 17.5 Å². The fourth-order valence-corrected chi connectivity index (χ4v) is 3.41. The molecule has 23 heavy (non-hydrogen) atoms.